The number of piperidine rings is 1. The fourth-order valence-electron chi connectivity index (χ4n) is 2.20. The van der Waals surface area contributed by atoms with Crippen molar-refractivity contribution in [2.45, 2.75) is 19.3 Å². The molecule has 5 nitrogen and oxygen atoms in total. The highest BCUT2D eigenvalue weighted by Crippen LogP contribution is 2.33. The summed E-state index contributed by atoms with van der Waals surface area (Å²) in [6.07, 6.45) is 3.83. The van der Waals surface area contributed by atoms with Crippen molar-refractivity contribution in [2.75, 3.05) is 18.0 Å². The smallest absolute Gasteiger partial charge is 0.281 e. The SMILES string of the molecule is O=Cc1cc(N2CCCCC2)c(Cl)cc1[N+](=O)[O-]. The second-order valence-electron chi connectivity index (χ2n) is 4.29. The Labute approximate surface area is 109 Å². The molecule has 0 N–H and O–H groups in total. The largest absolute Gasteiger partial charge is 0.370 e. The highest BCUT2D eigenvalue weighted by atomic mass is 35.5. The second kappa shape index (κ2) is 5.35. The van der Waals surface area contributed by atoms with Gasteiger partial charge in [-0.3, -0.25) is 14.9 Å². The topological polar surface area (TPSA) is 63.5 Å². The Morgan fingerprint density at radius 2 is 1.94 bits per heavy atom. The maximum Gasteiger partial charge on any atom is 0.281 e. The third-order valence-corrected chi connectivity index (χ3v) is 3.42. The lowest BCUT2D eigenvalue weighted by molar-refractivity contribution is -0.385. The van der Waals surface area contributed by atoms with Crippen molar-refractivity contribution in [3.8, 4) is 0 Å². The van der Waals surface area contributed by atoms with Crippen molar-refractivity contribution in [1.29, 1.82) is 0 Å². The van der Waals surface area contributed by atoms with Gasteiger partial charge in [0.25, 0.3) is 5.69 Å². The Balaban J connectivity index is 2.42. The minimum atomic E-state index is -0.588. The summed E-state index contributed by atoms with van der Waals surface area (Å²) >= 11 is 6.07. The molecule has 1 saturated heterocycles. The zero-order valence-electron chi connectivity index (χ0n) is 9.76. The van der Waals surface area contributed by atoms with Crippen LogP contribution in [0.5, 0.6) is 0 Å². The summed E-state index contributed by atoms with van der Waals surface area (Å²) in [6.45, 7) is 1.74. The van der Waals surface area contributed by atoms with Gasteiger partial charge in [-0.25, -0.2) is 0 Å². The predicted octanol–water partition coefficient (Wildman–Crippen LogP) is 3.05. The zero-order chi connectivity index (χ0) is 13.1. The minimum absolute atomic E-state index is 0.0740. The molecule has 0 aromatic heterocycles. The first-order valence-electron chi connectivity index (χ1n) is 5.81. The molecule has 1 heterocycles. The van der Waals surface area contributed by atoms with E-state index in [9.17, 15) is 14.9 Å². The van der Waals surface area contributed by atoms with Gasteiger partial charge in [0.2, 0.25) is 0 Å². The third-order valence-electron chi connectivity index (χ3n) is 3.12. The van der Waals surface area contributed by atoms with E-state index in [0.29, 0.717) is 17.0 Å². The van der Waals surface area contributed by atoms with Crippen LogP contribution in [0.2, 0.25) is 5.02 Å². The van der Waals surface area contributed by atoms with Crippen molar-refractivity contribution in [3.63, 3.8) is 0 Å². The molecule has 1 aliphatic heterocycles. The Bertz CT molecular complexity index is 484. The predicted molar refractivity (Wildman–Crippen MR) is 69.6 cm³/mol. The van der Waals surface area contributed by atoms with Gasteiger partial charge in [0, 0.05) is 19.2 Å². The van der Waals surface area contributed by atoms with Gasteiger partial charge in [-0.1, -0.05) is 11.6 Å². The molecular formula is C12H13ClN2O3. The molecule has 0 unspecified atom stereocenters. The monoisotopic (exact) mass is 268 g/mol. The highest BCUT2D eigenvalue weighted by Gasteiger charge is 2.21. The Morgan fingerprint density at radius 1 is 1.28 bits per heavy atom. The van der Waals surface area contributed by atoms with Crippen LogP contribution in [0.25, 0.3) is 0 Å². The Kier molecular flexibility index (Phi) is 3.81. The summed E-state index contributed by atoms with van der Waals surface area (Å²) in [7, 11) is 0. The molecule has 18 heavy (non-hydrogen) atoms. The van der Waals surface area contributed by atoms with Crippen LogP contribution in [-0.2, 0) is 0 Å². The summed E-state index contributed by atoms with van der Waals surface area (Å²) in [5.74, 6) is 0. The number of nitrogens with zero attached hydrogens (tertiary/aromatic N) is 2. The fourth-order valence-corrected chi connectivity index (χ4v) is 2.47. The van der Waals surface area contributed by atoms with Crippen molar-refractivity contribution < 1.29 is 9.72 Å². The van der Waals surface area contributed by atoms with Crippen LogP contribution in [0.3, 0.4) is 0 Å². The summed E-state index contributed by atoms with van der Waals surface area (Å²) in [5, 5.41) is 11.1. The number of carbonyl (C=O) groups excluding carboxylic acids is 1. The first-order valence-corrected chi connectivity index (χ1v) is 6.19. The lowest BCUT2D eigenvalue weighted by atomic mass is 10.1. The van der Waals surface area contributed by atoms with E-state index < -0.39 is 4.92 Å². The molecular weight excluding hydrogens is 256 g/mol. The van der Waals surface area contributed by atoms with Gasteiger partial charge in [0.05, 0.1) is 21.2 Å². The zero-order valence-corrected chi connectivity index (χ0v) is 10.5. The van der Waals surface area contributed by atoms with E-state index in [4.69, 9.17) is 11.6 Å². The van der Waals surface area contributed by atoms with Crippen molar-refractivity contribution in [1.82, 2.24) is 0 Å². The number of carbonyl (C=O) groups is 1. The number of anilines is 1. The summed E-state index contributed by atoms with van der Waals surface area (Å²) in [6, 6.07) is 2.77. The molecule has 0 spiro atoms. The van der Waals surface area contributed by atoms with Crippen LogP contribution in [0.4, 0.5) is 11.4 Å². The maximum atomic E-state index is 10.9. The van der Waals surface area contributed by atoms with E-state index in [1.165, 1.54) is 18.6 Å². The Hall–Kier alpha value is -1.62. The van der Waals surface area contributed by atoms with Crippen molar-refractivity contribution in [2.24, 2.45) is 0 Å². The first-order chi connectivity index (χ1) is 8.63. The molecule has 1 fully saturated rings. The number of nitro groups is 1. The summed E-state index contributed by atoms with van der Waals surface area (Å²) in [4.78, 5) is 23.2. The number of nitro benzene ring substituents is 1. The minimum Gasteiger partial charge on any atom is -0.370 e. The molecule has 0 radical (unpaired) electrons. The molecule has 0 bridgehead atoms. The molecule has 96 valence electrons. The quantitative estimate of drug-likeness (QED) is 0.480. The van der Waals surface area contributed by atoms with Gasteiger partial charge in [-0.2, -0.15) is 0 Å². The average molecular weight is 269 g/mol. The lowest BCUT2D eigenvalue weighted by Gasteiger charge is -2.29. The van der Waals surface area contributed by atoms with Gasteiger partial charge >= 0.3 is 0 Å². The van der Waals surface area contributed by atoms with Crippen LogP contribution in [-0.4, -0.2) is 24.3 Å². The van der Waals surface area contributed by atoms with Crippen molar-refractivity contribution in [3.05, 3.63) is 32.8 Å². The van der Waals surface area contributed by atoms with Crippen LogP contribution in [0.1, 0.15) is 29.6 Å². The normalized spacial score (nSPS) is 15.5. The van der Waals surface area contributed by atoms with E-state index in [1.807, 2.05) is 0 Å². The standard InChI is InChI=1S/C12H13ClN2O3/c13-10-7-11(15(17)18)9(8-16)6-12(10)14-4-2-1-3-5-14/h6-8H,1-5H2. The summed E-state index contributed by atoms with van der Waals surface area (Å²) in [5.41, 5.74) is 0.546. The van der Waals surface area contributed by atoms with Gasteiger partial charge in [-0.05, 0) is 25.3 Å². The molecule has 1 aromatic rings. The Morgan fingerprint density at radius 3 is 2.50 bits per heavy atom. The van der Waals surface area contributed by atoms with Crippen LogP contribution < -0.4 is 4.90 Å². The highest BCUT2D eigenvalue weighted by molar-refractivity contribution is 6.33. The number of benzene rings is 1. The van der Waals surface area contributed by atoms with Crippen molar-refractivity contribution >= 4 is 29.3 Å². The number of aldehydes is 1. The molecule has 1 aromatic carbocycles. The second-order valence-corrected chi connectivity index (χ2v) is 4.69. The molecule has 0 atom stereocenters. The van der Waals surface area contributed by atoms with E-state index in [-0.39, 0.29) is 11.3 Å². The van der Waals surface area contributed by atoms with Gasteiger partial charge in [0.15, 0.2) is 6.29 Å². The van der Waals surface area contributed by atoms with E-state index in [1.54, 1.807) is 0 Å². The first kappa shape index (κ1) is 12.8. The van der Waals surface area contributed by atoms with Gasteiger partial charge in [0.1, 0.15) is 0 Å². The molecule has 2 rings (SSSR count). The number of halogens is 1. The fraction of sp³-hybridized carbons (Fsp3) is 0.417. The van der Waals surface area contributed by atoms with Gasteiger partial charge in [-0.15, -0.1) is 0 Å². The molecule has 0 amide bonds. The lowest BCUT2D eigenvalue weighted by Crippen LogP contribution is -2.29. The van der Waals surface area contributed by atoms with Crippen LogP contribution in [0.15, 0.2) is 12.1 Å². The van der Waals surface area contributed by atoms with Gasteiger partial charge < -0.3 is 4.90 Å². The van der Waals surface area contributed by atoms with Crippen LogP contribution >= 0.6 is 11.6 Å². The number of hydrogen-bond acceptors (Lipinski definition) is 4. The molecule has 6 heteroatoms. The number of rotatable bonds is 3. The molecule has 0 saturated carbocycles. The molecule has 0 aliphatic carbocycles. The average Bonchev–Trinajstić information content (AvgIpc) is 2.39. The molecule has 1 aliphatic rings. The van der Waals surface area contributed by atoms with Crippen LogP contribution in [0, 0.1) is 10.1 Å². The maximum absolute atomic E-state index is 10.9. The number of hydrogen-bond donors (Lipinski definition) is 0. The van der Waals surface area contributed by atoms with E-state index >= 15 is 0 Å². The summed E-state index contributed by atoms with van der Waals surface area (Å²) < 4.78 is 0. The van der Waals surface area contributed by atoms with E-state index in [2.05, 4.69) is 4.90 Å². The van der Waals surface area contributed by atoms with E-state index in [0.717, 1.165) is 25.9 Å². The third kappa shape index (κ3) is 2.46.